The van der Waals surface area contributed by atoms with Gasteiger partial charge >= 0.3 is 0 Å². The first-order valence-corrected chi connectivity index (χ1v) is 11.3. The normalized spacial score (nSPS) is 16.5. The van der Waals surface area contributed by atoms with Crippen molar-refractivity contribution in [2.45, 2.75) is 5.72 Å². The Morgan fingerprint density at radius 1 is 1.10 bits per heavy atom. The Morgan fingerprint density at radius 2 is 1.74 bits per heavy atom. The molecule has 3 rings (SSSR count). The van der Waals surface area contributed by atoms with E-state index in [1.165, 1.54) is 4.31 Å². The number of hydrogen-bond donors (Lipinski definition) is 2. The lowest BCUT2D eigenvalue weighted by molar-refractivity contribution is -0.113. The minimum absolute atomic E-state index is 0.247. The fourth-order valence-corrected chi connectivity index (χ4v) is 4.87. The number of carbonyl (C=O) groups is 1. The van der Waals surface area contributed by atoms with Crippen LogP contribution in [0, 0.1) is 11.8 Å². The van der Waals surface area contributed by atoms with E-state index in [-0.39, 0.29) is 19.5 Å². The largest absolute Gasteiger partial charge is 0.497 e. The van der Waals surface area contributed by atoms with Gasteiger partial charge < -0.3 is 20.1 Å². The molecule has 9 heteroatoms. The Morgan fingerprint density at radius 3 is 2.32 bits per heavy atom. The molecule has 0 bridgehead atoms. The van der Waals surface area contributed by atoms with Crippen molar-refractivity contribution in [1.29, 1.82) is 0 Å². The number of ether oxygens (including phenoxy) is 1. The Hall–Kier alpha value is -3.06. The van der Waals surface area contributed by atoms with Gasteiger partial charge in [-0.2, -0.15) is 4.31 Å². The van der Waals surface area contributed by atoms with Gasteiger partial charge in [-0.3, -0.25) is 4.79 Å². The van der Waals surface area contributed by atoms with Crippen LogP contribution >= 0.6 is 0 Å². The molecule has 0 aliphatic carbocycles. The maximum Gasteiger partial charge on any atom is 0.220 e. The molecule has 0 spiro atoms. The average Bonchev–Trinajstić information content (AvgIpc) is 2.78. The van der Waals surface area contributed by atoms with Crippen molar-refractivity contribution in [3.8, 4) is 17.6 Å². The van der Waals surface area contributed by atoms with E-state index in [4.69, 9.17) is 4.74 Å². The molecule has 8 nitrogen and oxygen atoms in total. The molecule has 2 aromatic rings. The number of nitrogens with zero attached hydrogens (tertiary/aromatic N) is 2. The molecule has 1 unspecified atom stereocenters. The topological polar surface area (TPSA) is 99.2 Å². The molecule has 0 saturated carbocycles. The van der Waals surface area contributed by atoms with Crippen LogP contribution in [0.2, 0.25) is 0 Å². The molecule has 1 heterocycles. The molecule has 2 aromatic carbocycles. The number of benzene rings is 2. The fraction of sp³-hybridized carbons (Fsp3) is 0.318. The lowest BCUT2D eigenvalue weighted by atomic mass is 10.2. The molecule has 1 amide bonds. The quantitative estimate of drug-likeness (QED) is 0.370. The highest BCUT2D eigenvalue weighted by Crippen LogP contribution is 2.22. The van der Waals surface area contributed by atoms with Gasteiger partial charge in [0.25, 0.3) is 0 Å². The second-order valence-electron chi connectivity index (χ2n) is 7.08. The molecular formula is C22H25N3O5S. The molecule has 164 valence electrons. The molecule has 2 N–H and O–H groups in total. The zero-order chi connectivity index (χ0) is 22.3. The fourth-order valence-electron chi connectivity index (χ4n) is 3.28. The van der Waals surface area contributed by atoms with Crippen molar-refractivity contribution in [3.63, 3.8) is 0 Å². The van der Waals surface area contributed by atoms with E-state index in [2.05, 4.69) is 22.1 Å². The highest BCUT2D eigenvalue weighted by Gasteiger charge is 2.36. The highest BCUT2D eigenvalue weighted by atomic mass is 32.2. The molecule has 31 heavy (non-hydrogen) atoms. The van der Waals surface area contributed by atoms with Gasteiger partial charge in [0.15, 0.2) is 0 Å². The Labute approximate surface area is 182 Å². The summed E-state index contributed by atoms with van der Waals surface area (Å²) < 4.78 is 32.3. The van der Waals surface area contributed by atoms with Crippen molar-refractivity contribution in [1.82, 2.24) is 9.62 Å². The second kappa shape index (κ2) is 9.83. The van der Waals surface area contributed by atoms with Crippen LogP contribution in [0.1, 0.15) is 5.56 Å². The van der Waals surface area contributed by atoms with Crippen LogP contribution in [0.3, 0.4) is 0 Å². The second-order valence-corrected chi connectivity index (χ2v) is 9.05. The zero-order valence-electron chi connectivity index (χ0n) is 17.2. The summed E-state index contributed by atoms with van der Waals surface area (Å²) in [5, 5.41) is 12.8. The highest BCUT2D eigenvalue weighted by molar-refractivity contribution is 7.89. The smallest absolute Gasteiger partial charge is 0.220 e. The minimum atomic E-state index is -3.87. The van der Waals surface area contributed by atoms with Crippen molar-refractivity contribution in [2.75, 3.05) is 43.9 Å². The van der Waals surface area contributed by atoms with Crippen molar-refractivity contribution < 1.29 is 23.1 Å². The van der Waals surface area contributed by atoms with E-state index in [9.17, 15) is 18.3 Å². The molecular weight excluding hydrogens is 418 g/mol. The van der Waals surface area contributed by atoms with Crippen LogP contribution in [-0.4, -0.2) is 69.0 Å². The van der Waals surface area contributed by atoms with E-state index in [1.807, 2.05) is 30.3 Å². The standard InChI is InChI=1S/C22H25N3O5S/c1-30-21-9-7-20(8-10-21)24-13-15-25(16-14-24)31(28,29)17-22(27,23-18-26)12-11-19-5-3-2-4-6-19/h2-10,18,27H,13-17H2,1H3,(H,23,26). The summed E-state index contributed by atoms with van der Waals surface area (Å²) in [6.07, 6.45) is 0.247. The number of anilines is 1. The lowest BCUT2D eigenvalue weighted by Gasteiger charge is -2.36. The SMILES string of the molecule is COc1ccc(N2CCN(S(=O)(=O)CC(O)(C#Cc3ccccc3)NC=O)CC2)cc1. The summed E-state index contributed by atoms with van der Waals surface area (Å²) in [6.45, 7) is 1.52. The third-order valence-corrected chi connectivity index (χ3v) is 6.88. The number of sulfonamides is 1. The number of carbonyl (C=O) groups excluding carboxylic acids is 1. The Kier molecular flexibility index (Phi) is 7.17. The zero-order valence-corrected chi connectivity index (χ0v) is 18.0. The van der Waals surface area contributed by atoms with Crippen LogP contribution < -0.4 is 15.0 Å². The molecule has 1 atom stereocenters. The summed E-state index contributed by atoms with van der Waals surface area (Å²) in [5.74, 6) is 5.22. The summed E-state index contributed by atoms with van der Waals surface area (Å²) in [4.78, 5) is 13.1. The van der Waals surface area contributed by atoms with Gasteiger partial charge in [-0.15, -0.1) is 0 Å². The monoisotopic (exact) mass is 443 g/mol. The van der Waals surface area contributed by atoms with Crippen LogP contribution in [-0.2, 0) is 14.8 Å². The van der Waals surface area contributed by atoms with Gasteiger partial charge in [-0.25, -0.2) is 8.42 Å². The third kappa shape index (κ3) is 5.98. The van der Waals surface area contributed by atoms with Crippen molar-refractivity contribution in [3.05, 3.63) is 60.2 Å². The summed E-state index contributed by atoms with van der Waals surface area (Å²) in [5.41, 5.74) is -0.617. The van der Waals surface area contributed by atoms with E-state index in [0.717, 1.165) is 11.4 Å². The minimum Gasteiger partial charge on any atom is -0.497 e. The molecule has 0 aromatic heterocycles. The first-order chi connectivity index (χ1) is 14.8. The van der Waals surface area contributed by atoms with Crippen molar-refractivity contribution >= 4 is 22.1 Å². The molecule has 0 radical (unpaired) electrons. The number of amides is 1. The number of nitrogens with one attached hydrogen (secondary N) is 1. The first kappa shape index (κ1) is 22.6. The first-order valence-electron chi connectivity index (χ1n) is 9.74. The van der Waals surface area contributed by atoms with Crippen LogP contribution in [0.15, 0.2) is 54.6 Å². The van der Waals surface area contributed by atoms with Gasteiger partial charge in [0.1, 0.15) is 11.5 Å². The molecule has 1 saturated heterocycles. The molecule has 1 aliphatic rings. The maximum atomic E-state index is 12.9. The third-order valence-electron chi connectivity index (χ3n) is 4.95. The Balaban J connectivity index is 1.67. The van der Waals surface area contributed by atoms with Crippen molar-refractivity contribution in [2.24, 2.45) is 0 Å². The molecule has 1 fully saturated rings. The van der Waals surface area contributed by atoms with Crippen LogP contribution in [0.4, 0.5) is 5.69 Å². The number of hydrogen-bond acceptors (Lipinski definition) is 6. The van der Waals surface area contributed by atoms with Gasteiger partial charge in [0, 0.05) is 37.4 Å². The lowest BCUT2D eigenvalue weighted by Crippen LogP contribution is -2.55. The summed E-state index contributed by atoms with van der Waals surface area (Å²) in [6, 6.07) is 16.4. The molecule has 1 aliphatic heterocycles. The maximum absolute atomic E-state index is 12.9. The van der Waals surface area contributed by atoms with Gasteiger partial charge in [0.2, 0.25) is 22.2 Å². The summed E-state index contributed by atoms with van der Waals surface area (Å²) in [7, 11) is -2.27. The number of piperazine rings is 1. The number of methoxy groups -OCH3 is 1. The van der Waals surface area contributed by atoms with Gasteiger partial charge in [-0.05, 0) is 42.3 Å². The van der Waals surface area contributed by atoms with Crippen LogP contribution in [0.5, 0.6) is 5.75 Å². The average molecular weight is 444 g/mol. The van der Waals surface area contributed by atoms with E-state index < -0.39 is 21.5 Å². The Bertz CT molecular complexity index is 1040. The number of rotatable bonds is 7. The van der Waals surface area contributed by atoms with E-state index in [0.29, 0.717) is 18.7 Å². The van der Waals surface area contributed by atoms with E-state index in [1.54, 1.807) is 31.4 Å². The van der Waals surface area contributed by atoms with Gasteiger partial charge in [0.05, 0.1) is 7.11 Å². The predicted octanol–water partition coefficient (Wildman–Crippen LogP) is 0.633. The summed E-state index contributed by atoms with van der Waals surface area (Å²) >= 11 is 0. The number of aliphatic hydroxyl groups is 1. The predicted molar refractivity (Wildman–Crippen MR) is 118 cm³/mol. The van der Waals surface area contributed by atoms with E-state index >= 15 is 0 Å². The van der Waals surface area contributed by atoms with Gasteiger partial charge in [-0.1, -0.05) is 24.1 Å². The van der Waals surface area contributed by atoms with Crippen LogP contribution in [0.25, 0.3) is 0 Å².